The Morgan fingerprint density at radius 1 is 1.15 bits per heavy atom. The lowest BCUT2D eigenvalue weighted by molar-refractivity contribution is 0.102. The van der Waals surface area contributed by atoms with Gasteiger partial charge in [-0.25, -0.2) is 4.98 Å². The summed E-state index contributed by atoms with van der Waals surface area (Å²) in [7, 11) is 0. The Labute approximate surface area is 157 Å². The van der Waals surface area contributed by atoms with Gasteiger partial charge in [-0.15, -0.1) is 22.7 Å². The number of amides is 1. The number of aromatic nitrogens is 1. The normalized spacial score (nSPS) is 12.5. The number of carbonyl (C=O) groups is 1. The SMILES string of the molecule is O=C(Nc1cc2c(c(-c3cc4ccccc4s3)c1)CN=C2)c1cscn1. The molecule has 126 valence electrons. The second-order valence-corrected chi connectivity index (χ2v) is 7.84. The second-order valence-electron chi connectivity index (χ2n) is 6.04. The van der Waals surface area contributed by atoms with Crippen LogP contribution in [0.25, 0.3) is 20.5 Å². The lowest BCUT2D eigenvalue weighted by atomic mass is 10.0. The zero-order valence-corrected chi connectivity index (χ0v) is 15.2. The predicted octanol–water partition coefficient (Wildman–Crippen LogP) is 5.21. The van der Waals surface area contributed by atoms with Crippen molar-refractivity contribution in [3.05, 3.63) is 70.2 Å². The van der Waals surface area contributed by atoms with Gasteiger partial charge in [-0.1, -0.05) is 18.2 Å². The van der Waals surface area contributed by atoms with Gasteiger partial charge in [0.25, 0.3) is 5.91 Å². The number of anilines is 1. The van der Waals surface area contributed by atoms with Crippen LogP contribution >= 0.6 is 22.7 Å². The van der Waals surface area contributed by atoms with Crippen LogP contribution in [0.4, 0.5) is 5.69 Å². The molecule has 1 N–H and O–H groups in total. The lowest BCUT2D eigenvalue weighted by Gasteiger charge is -2.11. The highest BCUT2D eigenvalue weighted by atomic mass is 32.1. The van der Waals surface area contributed by atoms with E-state index in [1.807, 2.05) is 18.3 Å². The zero-order chi connectivity index (χ0) is 17.5. The molecule has 1 aliphatic rings. The molecule has 2 aromatic carbocycles. The molecular weight excluding hydrogens is 362 g/mol. The Kier molecular flexibility index (Phi) is 3.65. The molecule has 0 saturated carbocycles. The molecule has 1 aliphatic heterocycles. The van der Waals surface area contributed by atoms with Gasteiger partial charge in [0, 0.05) is 32.4 Å². The molecule has 0 fully saturated rings. The van der Waals surface area contributed by atoms with Crippen LogP contribution in [0.15, 0.2) is 58.3 Å². The third kappa shape index (κ3) is 2.64. The molecule has 0 saturated heterocycles. The fourth-order valence-electron chi connectivity index (χ4n) is 3.15. The standard InChI is InChI=1S/C20H13N3OS2/c24-20(17-10-25-11-22-17)23-14-5-13-8-21-9-16(13)15(7-14)19-6-12-3-1-2-4-18(12)26-19/h1-8,10-11H,9H2,(H,23,24). The van der Waals surface area contributed by atoms with Crippen molar-refractivity contribution in [3.8, 4) is 10.4 Å². The van der Waals surface area contributed by atoms with Gasteiger partial charge in [0.15, 0.2) is 0 Å². The molecule has 4 nitrogen and oxygen atoms in total. The van der Waals surface area contributed by atoms with Crippen molar-refractivity contribution in [2.24, 2.45) is 4.99 Å². The molecule has 2 aromatic heterocycles. The molecule has 0 radical (unpaired) electrons. The molecular formula is C20H13N3OS2. The second kappa shape index (κ2) is 6.16. The number of hydrogen-bond acceptors (Lipinski definition) is 5. The third-order valence-electron chi connectivity index (χ3n) is 4.38. The number of carbonyl (C=O) groups excluding carboxylic acids is 1. The van der Waals surface area contributed by atoms with Gasteiger partial charge in [-0.2, -0.15) is 0 Å². The molecule has 0 aliphatic carbocycles. The minimum Gasteiger partial charge on any atom is -0.321 e. The number of hydrogen-bond donors (Lipinski definition) is 1. The maximum absolute atomic E-state index is 12.4. The highest BCUT2D eigenvalue weighted by Crippen LogP contribution is 2.39. The number of aliphatic imine (C=N–C) groups is 1. The van der Waals surface area contributed by atoms with Gasteiger partial charge in [0.1, 0.15) is 5.69 Å². The quantitative estimate of drug-likeness (QED) is 0.534. The van der Waals surface area contributed by atoms with E-state index in [1.54, 1.807) is 22.2 Å². The molecule has 1 amide bonds. The van der Waals surface area contributed by atoms with Gasteiger partial charge in [0.05, 0.1) is 12.1 Å². The van der Waals surface area contributed by atoms with E-state index in [9.17, 15) is 4.79 Å². The van der Waals surface area contributed by atoms with Crippen molar-refractivity contribution in [1.29, 1.82) is 0 Å². The van der Waals surface area contributed by atoms with E-state index in [4.69, 9.17) is 0 Å². The van der Waals surface area contributed by atoms with Crippen LogP contribution < -0.4 is 5.32 Å². The Morgan fingerprint density at radius 3 is 2.92 bits per heavy atom. The van der Waals surface area contributed by atoms with Crippen molar-refractivity contribution >= 4 is 50.6 Å². The van der Waals surface area contributed by atoms with E-state index >= 15 is 0 Å². The first kappa shape index (κ1) is 15.4. The monoisotopic (exact) mass is 375 g/mol. The Bertz CT molecular complexity index is 1130. The molecule has 0 atom stereocenters. The van der Waals surface area contributed by atoms with Crippen LogP contribution in [0.5, 0.6) is 0 Å². The minimum atomic E-state index is -0.191. The minimum absolute atomic E-state index is 0.191. The van der Waals surface area contributed by atoms with Gasteiger partial charge in [-0.05, 0) is 40.8 Å². The van der Waals surface area contributed by atoms with E-state index in [0.717, 1.165) is 16.8 Å². The molecule has 0 unspecified atom stereocenters. The Hall–Kier alpha value is -2.83. The van der Waals surface area contributed by atoms with Crippen LogP contribution in [0.3, 0.4) is 0 Å². The van der Waals surface area contributed by atoms with Crippen molar-refractivity contribution in [1.82, 2.24) is 4.98 Å². The summed E-state index contributed by atoms with van der Waals surface area (Å²) in [6.07, 6.45) is 1.88. The summed E-state index contributed by atoms with van der Waals surface area (Å²) in [6, 6.07) is 14.6. The Morgan fingerprint density at radius 2 is 2.08 bits per heavy atom. The van der Waals surface area contributed by atoms with Crippen LogP contribution in [-0.4, -0.2) is 17.1 Å². The highest BCUT2D eigenvalue weighted by molar-refractivity contribution is 7.22. The molecule has 4 aromatic rings. The van der Waals surface area contributed by atoms with Gasteiger partial charge < -0.3 is 5.32 Å². The fraction of sp³-hybridized carbons (Fsp3) is 0.0500. The van der Waals surface area contributed by atoms with Gasteiger partial charge >= 0.3 is 0 Å². The summed E-state index contributed by atoms with van der Waals surface area (Å²) < 4.78 is 1.26. The Balaban J connectivity index is 1.59. The number of nitrogens with one attached hydrogen (secondary N) is 1. The summed E-state index contributed by atoms with van der Waals surface area (Å²) in [5.74, 6) is -0.191. The molecule has 3 heterocycles. The van der Waals surface area contributed by atoms with E-state index in [2.05, 4.69) is 45.6 Å². The van der Waals surface area contributed by atoms with E-state index in [0.29, 0.717) is 12.2 Å². The first-order valence-corrected chi connectivity index (χ1v) is 9.89. The number of rotatable bonds is 3. The lowest BCUT2D eigenvalue weighted by Crippen LogP contribution is -2.12. The molecule has 26 heavy (non-hydrogen) atoms. The molecule has 6 heteroatoms. The first-order chi connectivity index (χ1) is 12.8. The number of nitrogens with zero attached hydrogens (tertiary/aromatic N) is 2. The fourth-order valence-corrected chi connectivity index (χ4v) is 4.79. The molecule has 5 rings (SSSR count). The summed E-state index contributed by atoms with van der Waals surface area (Å²) in [6.45, 7) is 0.680. The van der Waals surface area contributed by atoms with Crippen molar-refractivity contribution < 1.29 is 4.79 Å². The van der Waals surface area contributed by atoms with Crippen molar-refractivity contribution in [2.45, 2.75) is 6.54 Å². The zero-order valence-electron chi connectivity index (χ0n) is 13.6. The topological polar surface area (TPSA) is 54.4 Å². The molecule has 0 spiro atoms. The van der Waals surface area contributed by atoms with E-state index in [1.165, 1.54) is 31.9 Å². The first-order valence-electron chi connectivity index (χ1n) is 8.13. The molecule has 0 bridgehead atoms. The average molecular weight is 375 g/mol. The maximum Gasteiger partial charge on any atom is 0.275 e. The average Bonchev–Trinajstić information content (AvgIpc) is 3.39. The third-order valence-corrected chi connectivity index (χ3v) is 6.11. The summed E-state index contributed by atoms with van der Waals surface area (Å²) in [5.41, 5.74) is 6.27. The summed E-state index contributed by atoms with van der Waals surface area (Å²) in [4.78, 5) is 22.1. The predicted molar refractivity (Wildman–Crippen MR) is 109 cm³/mol. The van der Waals surface area contributed by atoms with E-state index in [-0.39, 0.29) is 5.91 Å². The van der Waals surface area contributed by atoms with Gasteiger partial charge in [0.2, 0.25) is 0 Å². The van der Waals surface area contributed by atoms with E-state index < -0.39 is 0 Å². The van der Waals surface area contributed by atoms with Crippen LogP contribution in [0, 0.1) is 0 Å². The van der Waals surface area contributed by atoms with Crippen LogP contribution in [0.1, 0.15) is 21.6 Å². The van der Waals surface area contributed by atoms with Gasteiger partial charge in [-0.3, -0.25) is 9.79 Å². The summed E-state index contributed by atoms with van der Waals surface area (Å²) >= 11 is 3.17. The highest BCUT2D eigenvalue weighted by Gasteiger charge is 2.18. The number of benzene rings is 2. The number of thiazole rings is 1. The number of thiophene rings is 1. The largest absolute Gasteiger partial charge is 0.321 e. The smallest absolute Gasteiger partial charge is 0.275 e. The van der Waals surface area contributed by atoms with Crippen LogP contribution in [0.2, 0.25) is 0 Å². The van der Waals surface area contributed by atoms with Crippen LogP contribution in [-0.2, 0) is 6.54 Å². The van der Waals surface area contributed by atoms with Crippen molar-refractivity contribution in [3.63, 3.8) is 0 Å². The maximum atomic E-state index is 12.4. The number of fused-ring (bicyclic) bond motifs is 2. The summed E-state index contributed by atoms with van der Waals surface area (Å²) in [5, 5.41) is 5.95. The van der Waals surface area contributed by atoms with Crippen molar-refractivity contribution in [2.75, 3.05) is 5.32 Å².